The van der Waals surface area contributed by atoms with E-state index in [2.05, 4.69) is 6.07 Å². The summed E-state index contributed by atoms with van der Waals surface area (Å²) in [5.41, 5.74) is 5.01. The van der Waals surface area contributed by atoms with Crippen LogP contribution in [0, 0.1) is 13.8 Å². The first-order chi connectivity index (χ1) is 18.8. The third-order valence-electron chi connectivity index (χ3n) is 6.61. The highest BCUT2D eigenvalue weighted by Gasteiger charge is 2.26. The molecule has 0 aliphatic carbocycles. The van der Waals surface area contributed by atoms with Gasteiger partial charge in [-0.05, 0) is 73.9 Å². The first-order valence-electron chi connectivity index (χ1n) is 12.7. The van der Waals surface area contributed by atoms with Crippen LogP contribution in [0.15, 0.2) is 102 Å². The molecular formula is C31H29N3O3S2. The van der Waals surface area contributed by atoms with Crippen LogP contribution >= 0.6 is 11.3 Å². The zero-order valence-corrected chi connectivity index (χ0v) is 23.7. The topological polar surface area (TPSA) is 70.6 Å². The second-order valence-electron chi connectivity index (χ2n) is 9.28. The number of rotatable bonds is 8. The highest BCUT2D eigenvalue weighted by molar-refractivity contribution is 7.92. The molecular weight excluding hydrogens is 526 g/mol. The van der Waals surface area contributed by atoms with Crippen molar-refractivity contribution in [3.8, 4) is 0 Å². The number of para-hydroxylation sites is 1. The summed E-state index contributed by atoms with van der Waals surface area (Å²) in [7, 11) is -3.80. The van der Waals surface area contributed by atoms with Crippen LogP contribution in [-0.2, 0) is 16.6 Å². The summed E-state index contributed by atoms with van der Waals surface area (Å²) in [5.74, 6) is -0.243. The third kappa shape index (κ3) is 5.30. The van der Waals surface area contributed by atoms with Gasteiger partial charge in [-0.1, -0.05) is 72.0 Å². The van der Waals surface area contributed by atoms with Gasteiger partial charge in [-0.3, -0.25) is 14.0 Å². The van der Waals surface area contributed by atoms with E-state index in [1.54, 1.807) is 36.1 Å². The summed E-state index contributed by atoms with van der Waals surface area (Å²) in [4.78, 5) is 20.6. The molecule has 39 heavy (non-hydrogen) atoms. The van der Waals surface area contributed by atoms with Gasteiger partial charge in [0.1, 0.15) is 0 Å². The number of aromatic nitrogens is 1. The Morgan fingerprint density at radius 2 is 1.44 bits per heavy atom. The van der Waals surface area contributed by atoms with Crippen LogP contribution in [0.1, 0.15) is 34.0 Å². The van der Waals surface area contributed by atoms with E-state index < -0.39 is 10.0 Å². The molecule has 0 saturated heterocycles. The fraction of sp³-hybridized carbons (Fsp3) is 0.161. The number of thiazole rings is 1. The largest absolute Gasteiger partial charge is 0.279 e. The molecule has 0 fully saturated rings. The molecule has 8 heteroatoms. The van der Waals surface area contributed by atoms with Gasteiger partial charge in [-0.2, -0.15) is 0 Å². The second-order valence-corrected chi connectivity index (χ2v) is 12.1. The molecule has 0 aliphatic heterocycles. The van der Waals surface area contributed by atoms with Crippen LogP contribution < -0.4 is 9.21 Å². The minimum atomic E-state index is -3.80. The Hall–Kier alpha value is -4.01. The Balaban J connectivity index is 1.50. The van der Waals surface area contributed by atoms with E-state index in [9.17, 15) is 13.2 Å². The average Bonchev–Trinajstić information content (AvgIpc) is 3.42. The first-order valence-corrected chi connectivity index (χ1v) is 15.0. The Labute approximate surface area is 233 Å². The van der Waals surface area contributed by atoms with Gasteiger partial charge >= 0.3 is 0 Å². The molecule has 0 N–H and O–H groups in total. The van der Waals surface area contributed by atoms with Crippen LogP contribution in [0.3, 0.4) is 0 Å². The Kier molecular flexibility index (Phi) is 7.50. The number of aryl methyl sites for hydroxylation is 2. The molecule has 0 atom stereocenters. The van der Waals surface area contributed by atoms with Crippen molar-refractivity contribution >= 4 is 48.3 Å². The minimum absolute atomic E-state index is 0.130. The fourth-order valence-corrected chi connectivity index (χ4v) is 7.08. The van der Waals surface area contributed by atoms with Gasteiger partial charge in [-0.25, -0.2) is 13.4 Å². The second kappa shape index (κ2) is 11.0. The van der Waals surface area contributed by atoms with E-state index in [-0.39, 0.29) is 17.3 Å². The molecule has 1 heterocycles. The number of anilines is 2. The van der Waals surface area contributed by atoms with Crippen molar-refractivity contribution in [3.63, 3.8) is 0 Å². The van der Waals surface area contributed by atoms with Gasteiger partial charge in [0.2, 0.25) is 0 Å². The molecule has 0 spiro atoms. The van der Waals surface area contributed by atoms with Gasteiger partial charge in [0, 0.05) is 12.1 Å². The molecule has 0 aliphatic rings. The summed E-state index contributed by atoms with van der Waals surface area (Å²) in [6.07, 6.45) is 0. The third-order valence-corrected chi connectivity index (χ3v) is 9.74. The zero-order chi connectivity index (χ0) is 27.6. The van der Waals surface area contributed by atoms with Gasteiger partial charge in [-0.15, -0.1) is 0 Å². The lowest BCUT2D eigenvalue weighted by molar-refractivity contribution is 0.0985. The van der Waals surface area contributed by atoms with E-state index in [0.717, 1.165) is 26.9 Å². The quantitative estimate of drug-likeness (QED) is 0.207. The molecule has 0 saturated carbocycles. The molecule has 1 amide bonds. The molecule has 0 bridgehead atoms. The lowest BCUT2D eigenvalue weighted by atomic mass is 10.1. The maximum Gasteiger partial charge on any atom is 0.264 e. The van der Waals surface area contributed by atoms with Crippen LogP contribution in [0.4, 0.5) is 10.8 Å². The predicted octanol–water partition coefficient (Wildman–Crippen LogP) is 6.98. The standard InChI is InChI=1S/C31H29N3O3S2/c1-4-34(26-13-9-6-10-14-26)39(36,37)27-19-17-25(18-20-27)30(35)33(21-24-11-7-5-8-12-24)31-32-28-22(2)15-16-23(3)29(28)38-31/h5-20H,4,21H2,1-3H3. The molecule has 6 nitrogen and oxygen atoms in total. The highest BCUT2D eigenvalue weighted by atomic mass is 32.2. The van der Waals surface area contributed by atoms with Crippen LogP contribution in [-0.4, -0.2) is 25.9 Å². The SMILES string of the molecule is CCN(c1ccccc1)S(=O)(=O)c1ccc(C(=O)N(Cc2ccccc2)c2nc3c(C)ccc(C)c3s2)cc1. The number of hydrogen-bond donors (Lipinski definition) is 0. The highest BCUT2D eigenvalue weighted by Crippen LogP contribution is 2.34. The van der Waals surface area contributed by atoms with E-state index in [1.807, 2.05) is 68.4 Å². The van der Waals surface area contributed by atoms with Gasteiger partial charge in [0.25, 0.3) is 15.9 Å². The monoisotopic (exact) mass is 555 g/mol. The molecule has 4 aromatic carbocycles. The maximum absolute atomic E-state index is 13.9. The molecule has 0 radical (unpaired) electrons. The van der Waals surface area contributed by atoms with Crippen LogP contribution in [0.2, 0.25) is 0 Å². The number of benzene rings is 4. The van der Waals surface area contributed by atoms with Crippen molar-refractivity contribution in [2.45, 2.75) is 32.2 Å². The van der Waals surface area contributed by atoms with Gasteiger partial charge in [0.05, 0.1) is 27.3 Å². The number of amides is 1. The van der Waals surface area contributed by atoms with Crippen molar-refractivity contribution in [1.82, 2.24) is 4.98 Å². The predicted molar refractivity (Wildman–Crippen MR) is 159 cm³/mol. The Morgan fingerprint density at radius 3 is 2.05 bits per heavy atom. The summed E-state index contributed by atoms with van der Waals surface area (Å²) in [5, 5.41) is 0.606. The normalized spacial score (nSPS) is 11.5. The summed E-state index contributed by atoms with van der Waals surface area (Å²) < 4.78 is 29.3. The average molecular weight is 556 g/mol. The lowest BCUT2D eigenvalue weighted by Gasteiger charge is -2.23. The lowest BCUT2D eigenvalue weighted by Crippen LogP contribution is -2.31. The Bertz CT molecular complexity index is 1680. The number of carbonyl (C=O) groups excluding carboxylic acids is 1. The summed E-state index contributed by atoms with van der Waals surface area (Å²) in [6, 6.07) is 29.0. The Morgan fingerprint density at radius 1 is 0.821 bits per heavy atom. The molecule has 5 rings (SSSR count). The fourth-order valence-electron chi connectivity index (χ4n) is 4.49. The van der Waals surface area contributed by atoms with E-state index in [4.69, 9.17) is 4.98 Å². The molecule has 198 valence electrons. The van der Waals surface area contributed by atoms with Crippen molar-refractivity contribution in [1.29, 1.82) is 0 Å². The van der Waals surface area contributed by atoms with Gasteiger partial charge in [0.15, 0.2) is 5.13 Å². The molecule has 1 aromatic heterocycles. The van der Waals surface area contributed by atoms with E-state index in [1.165, 1.54) is 27.8 Å². The summed E-state index contributed by atoms with van der Waals surface area (Å²) in [6.45, 7) is 6.49. The number of hydrogen-bond acceptors (Lipinski definition) is 5. The van der Waals surface area contributed by atoms with Crippen molar-refractivity contribution < 1.29 is 13.2 Å². The number of fused-ring (bicyclic) bond motifs is 1. The van der Waals surface area contributed by atoms with E-state index in [0.29, 0.717) is 22.9 Å². The van der Waals surface area contributed by atoms with E-state index >= 15 is 0 Å². The van der Waals surface area contributed by atoms with Crippen LogP contribution in [0.5, 0.6) is 0 Å². The minimum Gasteiger partial charge on any atom is -0.279 e. The van der Waals surface area contributed by atoms with Crippen molar-refractivity contribution in [2.75, 3.05) is 15.7 Å². The zero-order valence-electron chi connectivity index (χ0n) is 22.0. The smallest absolute Gasteiger partial charge is 0.264 e. The first kappa shape index (κ1) is 26.6. The van der Waals surface area contributed by atoms with Gasteiger partial charge < -0.3 is 0 Å². The van der Waals surface area contributed by atoms with Crippen LogP contribution in [0.25, 0.3) is 10.2 Å². The van der Waals surface area contributed by atoms with Crippen molar-refractivity contribution in [3.05, 3.63) is 119 Å². The number of sulfonamides is 1. The number of carbonyl (C=O) groups is 1. The molecule has 0 unspecified atom stereocenters. The molecule has 5 aromatic rings. The number of nitrogens with zero attached hydrogens (tertiary/aromatic N) is 3. The van der Waals surface area contributed by atoms with Crippen molar-refractivity contribution in [2.24, 2.45) is 0 Å². The summed E-state index contributed by atoms with van der Waals surface area (Å²) >= 11 is 1.49. The maximum atomic E-state index is 13.9.